The number of carbonyl (C=O) groups excluding carboxylic acids is 3. The molecule has 0 fully saturated rings. The number of hydrogen-bond acceptors (Lipinski definition) is 5. The lowest BCUT2D eigenvalue weighted by Crippen LogP contribution is -2.46. The van der Waals surface area contributed by atoms with Gasteiger partial charge in [0.25, 0.3) is 0 Å². The van der Waals surface area contributed by atoms with Gasteiger partial charge in [-0.25, -0.2) is 13.6 Å². The molecule has 0 radical (unpaired) electrons. The summed E-state index contributed by atoms with van der Waals surface area (Å²) in [6.07, 6.45) is -3.41. The standard InChI is InChI=1S/C17H24FNO3.C12H14FN.C2HF3O.C2H6/c1-16(2,3)22-15(21)19-17(4,5)11-10-14(20)12-6-8-13(18)9-7-12;1-12(2)8-7-11(14-12)9-3-5-10(13)6-4-9;3-2(4,5)1-6;1-2/h6-9H,10-11H2,1-5H3,(H,19,21);3-6H,7-8H2,1-2H3;1H;1-2H3/i;;;1D. The molecule has 1 aliphatic heterocycles. The number of nitrogens with zero attached hydrogens (tertiary/aromatic N) is 1. The van der Waals surface area contributed by atoms with Gasteiger partial charge < -0.3 is 10.1 Å². The number of amides is 1. The number of alkyl halides is 3. The van der Waals surface area contributed by atoms with Crippen molar-refractivity contribution in [3.8, 4) is 0 Å². The number of carbonyl (C=O) groups is 3. The minimum atomic E-state index is -4.64. The summed E-state index contributed by atoms with van der Waals surface area (Å²) in [4.78, 5) is 37.1. The van der Waals surface area contributed by atoms with E-state index in [9.17, 15) is 31.5 Å². The Balaban J connectivity index is 0.000000711. The molecule has 0 aromatic heterocycles. The fourth-order valence-electron chi connectivity index (χ4n) is 3.60. The van der Waals surface area contributed by atoms with Gasteiger partial charge in [-0.15, -0.1) is 0 Å². The van der Waals surface area contributed by atoms with Crippen LogP contribution in [0.1, 0.15) is 105 Å². The number of Topliss-reactive ketones (excluding diaryl/α,β-unsaturated/α-hetero) is 1. The topological polar surface area (TPSA) is 84.8 Å². The quantitative estimate of drug-likeness (QED) is 0.196. The molecule has 1 aliphatic rings. The first-order valence-corrected chi connectivity index (χ1v) is 14.0. The van der Waals surface area contributed by atoms with Crippen LogP contribution in [-0.2, 0) is 9.53 Å². The molecular weight excluding hydrogens is 583 g/mol. The van der Waals surface area contributed by atoms with Crippen LogP contribution in [-0.4, -0.2) is 46.7 Å². The maximum atomic E-state index is 12.8. The molecule has 2 aromatic rings. The van der Waals surface area contributed by atoms with Gasteiger partial charge in [-0.2, -0.15) is 13.2 Å². The number of aliphatic imine (C=N–C) groups is 1. The van der Waals surface area contributed by atoms with E-state index >= 15 is 0 Å². The van der Waals surface area contributed by atoms with Crippen molar-refractivity contribution in [2.24, 2.45) is 4.99 Å². The molecule has 0 atom stereocenters. The Kier molecular flexibility index (Phi) is 15.4. The maximum Gasteiger partial charge on any atom is 0.446 e. The molecule has 246 valence electrons. The Hall–Kier alpha value is -3.63. The van der Waals surface area contributed by atoms with E-state index in [2.05, 4.69) is 24.2 Å². The summed E-state index contributed by atoms with van der Waals surface area (Å²) in [6.45, 7) is 15.6. The average molecular weight is 630 g/mol. The molecule has 0 bridgehead atoms. The van der Waals surface area contributed by atoms with Gasteiger partial charge in [-0.3, -0.25) is 14.6 Å². The second kappa shape index (κ2) is 17.6. The maximum absolute atomic E-state index is 12.8. The van der Waals surface area contributed by atoms with Crippen LogP contribution in [0, 0.1) is 11.6 Å². The summed E-state index contributed by atoms with van der Waals surface area (Å²) in [6, 6.07) is 12.0. The van der Waals surface area contributed by atoms with E-state index in [1.165, 1.54) is 36.4 Å². The minimum absolute atomic E-state index is 0.0592. The zero-order chi connectivity index (χ0) is 35.1. The molecule has 1 amide bonds. The highest BCUT2D eigenvalue weighted by atomic mass is 19.4. The fraction of sp³-hybridized carbons (Fsp3) is 0.515. The Morgan fingerprint density at radius 1 is 0.977 bits per heavy atom. The van der Waals surface area contributed by atoms with Gasteiger partial charge in [-0.05, 0) is 110 Å². The van der Waals surface area contributed by atoms with Crippen molar-refractivity contribution in [2.75, 3.05) is 0 Å². The zero-order valence-corrected chi connectivity index (χ0v) is 26.7. The van der Waals surface area contributed by atoms with Crippen molar-refractivity contribution in [1.82, 2.24) is 5.32 Å². The second-order valence-corrected chi connectivity index (χ2v) is 12.0. The van der Waals surface area contributed by atoms with Crippen LogP contribution < -0.4 is 5.32 Å². The minimum Gasteiger partial charge on any atom is -0.444 e. The highest BCUT2D eigenvalue weighted by Crippen LogP contribution is 2.27. The number of halogens is 5. The molecule has 2 aromatic carbocycles. The normalized spacial score (nSPS) is 14.1. The van der Waals surface area contributed by atoms with Crippen LogP contribution >= 0.6 is 0 Å². The van der Waals surface area contributed by atoms with E-state index in [0.717, 1.165) is 24.1 Å². The molecule has 6 nitrogen and oxygen atoms in total. The lowest BCUT2D eigenvalue weighted by molar-refractivity contribution is -0.156. The zero-order valence-electron chi connectivity index (χ0n) is 27.7. The molecule has 0 unspecified atom stereocenters. The Bertz CT molecular complexity index is 1240. The highest BCUT2D eigenvalue weighted by molar-refractivity contribution is 6.02. The van der Waals surface area contributed by atoms with Crippen LogP contribution in [0.2, 0.25) is 0 Å². The van der Waals surface area contributed by atoms with Crippen molar-refractivity contribution in [3.05, 3.63) is 71.3 Å². The molecular formula is C33H45F5N2O4. The van der Waals surface area contributed by atoms with Crippen molar-refractivity contribution in [2.45, 2.75) is 111 Å². The van der Waals surface area contributed by atoms with Gasteiger partial charge in [0.2, 0.25) is 6.29 Å². The Morgan fingerprint density at radius 2 is 1.43 bits per heavy atom. The third kappa shape index (κ3) is 18.1. The molecule has 1 heterocycles. The molecule has 1 N–H and O–H groups in total. The van der Waals surface area contributed by atoms with Crippen LogP contribution in [0.3, 0.4) is 0 Å². The Labute approximate surface area is 258 Å². The van der Waals surface area contributed by atoms with E-state index in [0.29, 0.717) is 18.9 Å². The van der Waals surface area contributed by atoms with Gasteiger partial charge in [0.1, 0.15) is 17.2 Å². The summed E-state index contributed by atoms with van der Waals surface area (Å²) in [5, 5.41) is 2.76. The first-order chi connectivity index (χ1) is 20.5. The number of benzene rings is 2. The average Bonchev–Trinajstić information content (AvgIpc) is 3.27. The number of alkyl carbamates (subject to hydrolysis) is 1. The van der Waals surface area contributed by atoms with E-state index in [-0.39, 0.29) is 29.4 Å². The number of ketones is 1. The molecule has 3 rings (SSSR count). The van der Waals surface area contributed by atoms with Crippen molar-refractivity contribution in [3.63, 3.8) is 0 Å². The third-order valence-electron chi connectivity index (χ3n) is 5.70. The monoisotopic (exact) mass is 629 g/mol. The van der Waals surface area contributed by atoms with E-state index in [1.54, 1.807) is 39.8 Å². The largest absolute Gasteiger partial charge is 0.446 e. The van der Waals surface area contributed by atoms with E-state index in [4.69, 9.17) is 10.9 Å². The summed E-state index contributed by atoms with van der Waals surface area (Å²) in [5.41, 5.74) is 1.55. The van der Waals surface area contributed by atoms with Gasteiger partial charge in [0, 0.05) is 24.6 Å². The van der Waals surface area contributed by atoms with Crippen LogP contribution in [0.4, 0.5) is 26.7 Å². The molecule has 0 saturated heterocycles. The van der Waals surface area contributed by atoms with Crippen molar-refractivity contribution >= 4 is 23.9 Å². The number of hydrogen-bond donors (Lipinski definition) is 1. The van der Waals surface area contributed by atoms with Gasteiger partial charge in [0.05, 0.1) is 5.54 Å². The number of rotatable bonds is 6. The van der Waals surface area contributed by atoms with E-state index < -0.39 is 29.7 Å². The highest BCUT2D eigenvalue weighted by Gasteiger charge is 2.26. The molecule has 0 aliphatic carbocycles. The van der Waals surface area contributed by atoms with Gasteiger partial charge in [0.15, 0.2) is 5.78 Å². The predicted molar refractivity (Wildman–Crippen MR) is 163 cm³/mol. The van der Waals surface area contributed by atoms with Gasteiger partial charge in [-0.1, -0.05) is 26.0 Å². The Morgan fingerprint density at radius 3 is 1.82 bits per heavy atom. The van der Waals surface area contributed by atoms with Crippen LogP contribution in [0.15, 0.2) is 53.5 Å². The molecule has 0 spiro atoms. The van der Waals surface area contributed by atoms with Crippen LogP contribution in [0.25, 0.3) is 0 Å². The SMILES string of the molecule is CC(C)(CCC(=O)c1ccc(F)cc1)NC(=O)OC(C)(C)C.CC1(C)CCC(c2ccc(F)cc2)=N1.O=CC(F)(F)F.[2H]CC. The molecule has 11 heteroatoms. The summed E-state index contributed by atoms with van der Waals surface area (Å²) in [7, 11) is 0. The van der Waals surface area contributed by atoms with Gasteiger partial charge >= 0.3 is 12.3 Å². The third-order valence-corrected chi connectivity index (χ3v) is 5.70. The molecule has 44 heavy (non-hydrogen) atoms. The second-order valence-electron chi connectivity index (χ2n) is 12.0. The summed E-state index contributed by atoms with van der Waals surface area (Å²) in [5.74, 6) is -0.644. The summed E-state index contributed by atoms with van der Waals surface area (Å²) >= 11 is 0. The lowest BCUT2D eigenvalue weighted by Gasteiger charge is -2.28. The lowest BCUT2D eigenvalue weighted by atomic mass is 9.95. The first-order valence-electron chi connectivity index (χ1n) is 14.7. The molecule has 0 saturated carbocycles. The fourth-order valence-corrected chi connectivity index (χ4v) is 3.60. The summed E-state index contributed by atoms with van der Waals surface area (Å²) < 4.78 is 68.2. The van der Waals surface area contributed by atoms with Crippen LogP contribution in [0.5, 0.6) is 0 Å². The first kappa shape index (κ1) is 38.4. The predicted octanol–water partition coefficient (Wildman–Crippen LogP) is 9.05. The van der Waals surface area contributed by atoms with Crippen molar-refractivity contribution in [1.29, 1.82) is 0 Å². The van der Waals surface area contributed by atoms with E-state index in [1.807, 2.05) is 13.8 Å². The smallest absolute Gasteiger partial charge is 0.444 e. The number of ether oxygens (including phenoxy) is 1. The number of aldehydes is 1. The van der Waals surface area contributed by atoms with Crippen molar-refractivity contribution < 1.29 is 42.4 Å². The number of nitrogens with one attached hydrogen (secondary N) is 1.